The van der Waals surface area contributed by atoms with Gasteiger partial charge in [-0.1, -0.05) is 25.1 Å². The summed E-state index contributed by atoms with van der Waals surface area (Å²) in [5.41, 5.74) is 0.872. The van der Waals surface area contributed by atoms with Crippen molar-refractivity contribution in [2.24, 2.45) is 5.92 Å². The van der Waals surface area contributed by atoms with Gasteiger partial charge in [0.1, 0.15) is 5.82 Å². The van der Waals surface area contributed by atoms with Gasteiger partial charge in [0.05, 0.1) is 11.2 Å². The molecule has 0 unspecified atom stereocenters. The van der Waals surface area contributed by atoms with Gasteiger partial charge in [-0.15, -0.1) is 0 Å². The largest absolute Gasteiger partial charge is 0.337 e. The molecule has 144 valence electrons. The molecule has 0 spiro atoms. The highest BCUT2D eigenvalue weighted by molar-refractivity contribution is 6.06. The number of hydrogen-bond acceptors (Lipinski definition) is 3. The predicted octanol–water partition coefficient (Wildman–Crippen LogP) is 3.60. The number of fused-ring (bicyclic) bond motifs is 1. The second-order valence-corrected chi connectivity index (χ2v) is 7.15. The molecule has 3 heterocycles. The van der Waals surface area contributed by atoms with Gasteiger partial charge >= 0.3 is 0 Å². The lowest BCUT2D eigenvalue weighted by Crippen LogP contribution is -2.38. The van der Waals surface area contributed by atoms with E-state index in [0.29, 0.717) is 24.5 Å². The number of likely N-dealkylation sites (tertiary alicyclic amines) is 1. The summed E-state index contributed by atoms with van der Waals surface area (Å²) < 4.78 is 15.5. The lowest BCUT2D eigenvalue weighted by molar-refractivity contribution is 0.0694. The van der Waals surface area contributed by atoms with Crippen molar-refractivity contribution < 1.29 is 14.0 Å². The number of benzene rings is 1. The number of imidazole rings is 1. The van der Waals surface area contributed by atoms with E-state index in [2.05, 4.69) is 17.2 Å². The minimum atomic E-state index is -0.572. The number of rotatable bonds is 3. The quantitative estimate of drug-likeness (QED) is 0.755. The number of aromatic nitrogens is 2. The normalized spacial score (nSPS) is 15.0. The van der Waals surface area contributed by atoms with Crippen molar-refractivity contribution in [2.75, 3.05) is 18.4 Å². The number of anilines is 1. The lowest BCUT2D eigenvalue weighted by Gasteiger charge is -2.29. The zero-order chi connectivity index (χ0) is 19.7. The van der Waals surface area contributed by atoms with Crippen LogP contribution in [0.1, 0.15) is 40.9 Å². The highest BCUT2D eigenvalue weighted by Crippen LogP contribution is 2.21. The third-order valence-corrected chi connectivity index (χ3v) is 5.15. The van der Waals surface area contributed by atoms with Crippen LogP contribution in [-0.2, 0) is 0 Å². The summed E-state index contributed by atoms with van der Waals surface area (Å²) in [6.07, 6.45) is 3.59. The monoisotopic (exact) mass is 380 g/mol. The van der Waals surface area contributed by atoms with E-state index in [-0.39, 0.29) is 23.1 Å². The van der Waals surface area contributed by atoms with Gasteiger partial charge in [0, 0.05) is 19.3 Å². The Morgan fingerprint density at radius 1 is 1.11 bits per heavy atom. The number of nitrogens with zero attached hydrogens (tertiary/aromatic N) is 3. The number of piperidine rings is 1. The number of hydrogen-bond donors (Lipinski definition) is 1. The molecule has 4 rings (SSSR count). The molecule has 0 aliphatic carbocycles. The topological polar surface area (TPSA) is 66.7 Å². The Bertz CT molecular complexity index is 1040. The zero-order valence-electron chi connectivity index (χ0n) is 15.6. The van der Waals surface area contributed by atoms with Gasteiger partial charge in [0.25, 0.3) is 11.8 Å². The first-order valence-electron chi connectivity index (χ1n) is 9.37. The molecule has 1 aliphatic rings. The van der Waals surface area contributed by atoms with E-state index >= 15 is 0 Å². The fourth-order valence-electron chi connectivity index (χ4n) is 3.46. The van der Waals surface area contributed by atoms with Crippen LogP contribution in [0.2, 0.25) is 0 Å². The van der Waals surface area contributed by atoms with Crippen molar-refractivity contribution in [3.8, 4) is 0 Å². The molecule has 2 aromatic heterocycles. The average molecular weight is 380 g/mol. The van der Waals surface area contributed by atoms with E-state index in [1.54, 1.807) is 45.8 Å². The van der Waals surface area contributed by atoms with Crippen LogP contribution in [0.15, 0.2) is 48.7 Å². The summed E-state index contributed by atoms with van der Waals surface area (Å²) in [6.45, 7) is 3.55. The Labute approximate surface area is 162 Å². The highest BCUT2D eigenvalue weighted by Gasteiger charge is 2.27. The van der Waals surface area contributed by atoms with Gasteiger partial charge in [-0.2, -0.15) is 0 Å². The van der Waals surface area contributed by atoms with E-state index < -0.39 is 11.7 Å². The fourth-order valence-corrected chi connectivity index (χ4v) is 3.46. The Hall–Kier alpha value is -3.22. The Morgan fingerprint density at radius 2 is 1.82 bits per heavy atom. The Kier molecular flexibility index (Phi) is 4.81. The molecule has 1 N–H and O–H groups in total. The summed E-state index contributed by atoms with van der Waals surface area (Å²) in [7, 11) is 0. The molecule has 0 bridgehead atoms. The molecule has 0 atom stereocenters. The lowest BCUT2D eigenvalue weighted by atomic mass is 9.99. The first-order valence-corrected chi connectivity index (χ1v) is 9.37. The first kappa shape index (κ1) is 18.2. The van der Waals surface area contributed by atoms with Crippen LogP contribution < -0.4 is 5.32 Å². The number of nitrogens with one attached hydrogen (secondary N) is 1. The van der Waals surface area contributed by atoms with Crippen molar-refractivity contribution in [1.29, 1.82) is 0 Å². The van der Waals surface area contributed by atoms with Gasteiger partial charge in [-0.05, 0) is 43.0 Å². The van der Waals surface area contributed by atoms with Crippen LogP contribution in [0.5, 0.6) is 0 Å². The molecule has 1 fully saturated rings. The number of carbonyl (C=O) groups excluding carboxylic acids is 2. The molecule has 28 heavy (non-hydrogen) atoms. The number of pyridine rings is 1. The Balaban J connectivity index is 1.67. The number of halogens is 1. The minimum absolute atomic E-state index is 0.0487. The van der Waals surface area contributed by atoms with Crippen LogP contribution in [0.25, 0.3) is 5.52 Å². The number of amides is 2. The predicted molar refractivity (Wildman–Crippen MR) is 104 cm³/mol. The SMILES string of the molecule is CC1CCN(C(=O)c2nc(C(=O)Nc3ccccc3F)n3ccccc23)CC1. The summed E-state index contributed by atoms with van der Waals surface area (Å²) in [4.78, 5) is 31.9. The second kappa shape index (κ2) is 7.42. The average Bonchev–Trinajstić information content (AvgIpc) is 3.10. The number of carbonyl (C=O) groups is 2. The number of para-hydroxylation sites is 1. The molecule has 0 saturated carbocycles. The summed E-state index contributed by atoms with van der Waals surface area (Å²) in [5.74, 6) is -0.633. The molecular formula is C21H21FN4O2. The molecule has 1 aliphatic heterocycles. The molecule has 1 saturated heterocycles. The van der Waals surface area contributed by atoms with Crippen LogP contribution in [0, 0.1) is 11.7 Å². The molecule has 2 amide bonds. The fraction of sp³-hybridized carbons (Fsp3) is 0.286. The van der Waals surface area contributed by atoms with E-state index in [1.807, 2.05) is 0 Å². The van der Waals surface area contributed by atoms with Crippen molar-refractivity contribution >= 4 is 23.0 Å². The molecule has 6 nitrogen and oxygen atoms in total. The summed E-state index contributed by atoms with van der Waals surface area (Å²) >= 11 is 0. The van der Waals surface area contributed by atoms with Gasteiger partial charge in [0.2, 0.25) is 5.82 Å². The third kappa shape index (κ3) is 3.35. The molecule has 3 aromatic rings. The van der Waals surface area contributed by atoms with Crippen molar-refractivity contribution in [2.45, 2.75) is 19.8 Å². The molecular weight excluding hydrogens is 359 g/mol. The van der Waals surface area contributed by atoms with Gasteiger partial charge in [-0.3, -0.25) is 14.0 Å². The maximum atomic E-state index is 13.9. The van der Waals surface area contributed by atoms with Crippen LogP contribution in [0.3, 0.4) is 0 Å². The van der Waals surface area contributed by atoms with E-state index in [4.69, 9.17) is 0 Å². The maximum Gasteiger partial charge on any atom is 0.292 e. The smallest absolute Gasteiger partial charge is 0.292 e. The summed E-state index contributed by atoms with van der Waals surface area (Å²) in [5, 5.41) is 2.53. The van der Waals surface area contributed by atoms with Gasteiger partial charge < -0.3 is 10.2 Å². The van der Waals surface area contributed by atoms with Crippen molar-refractivity contribution in [3.63, 3.8) is 0 Å². The minimum Gasteiger partial charge on any atom is -0.337 e. The van der Waals surface area contributed by atoms with Crippen LogP contribution in [-0.4, -0.2) is 39.2 Å². The standard InChI is InChI=1S/C21H21FN4O2/c1-14-9-12-25(13-10-14)21(28)18-17-8-4-5-11-26(17)19(24-18)20(27)23-16-7-3-2-6-15(16)22/h2-8,11,14H,9-10,12-13H2,1H3,(H,23,27). The summed E-state index contributed by atoms with van der Waals surface area (Å²) in [6, 6.07) is 11.2. The second-order valence-electron chi connectivity index (χ2n) is 7.15. The van der Waals surface area contributed by atoms with Crippen LogP contribution in [0.4, 0.5) is 10.1 Å². The van der Waals surface area contributed by atoms with Gasteiger partial charge in [0.15, 0.2) is 5.69 Å². The molecule has 1 aromatic carbocycles. The zero-order valence-corrected chi connectivity index (χ0v) is 15.6. The molecule has 0 radical (unpaired) electrons. The van der Waals surface area contributed by atoms with Crippen molar-refractivity contribution in [3.05, 3.63) is 66.0 Å². The third-order valence-electron chi connectivity index (χ3n) is 5.15. The highest BCUT2D eigenvalue weighted by atomic mass is 19.1. The van der Waals surface area contributed by atoms with Gasteiger partial charge in [-0.25, -0.2) is 9.37 Å². The maximum absolute atomic E-state index is 13.9. The first-order chi connectivity index (χ1) is 13.5. The van der Waals surface area contributed by atoms with E-state index in [9.17, 15) is 14.0 Å². The molecule has 7 heteroatoms. The Morgan fingerprint density at radius 3 is 2.57 bits per heavy atom. The van der Waals surface area contributed by atoms with E-state index in [1.165, 1.54) is 12.1 Å². The van der Waals surface area contributed by atoms with Crippen LogP contribution >= 0.6 is 0 Å². The van der Waals surface area contributed by atoms with Crippen molar-refractivity contribution in [1.82, 2.24) is 14.3 Å². The van der Waals surface area contributed by atoms with E-state index in [0.717, 1.165) is 12.8 Å².